The molecule has 2 N–H and O–H groups in total. The van der Waals surface area contributed by atoms with Crippen molar-refractivity contribution >= 4 is 11.4 Å². The molecule has 2 aromatic carbocycles. The van der Waals surface area contributed by atoms with E-state index in [-0.39, 0.29) is 17.1 Å². The van der Waals surface area contributed by atoms with Crippen molar-refractivity contribution in [2.45, 2.75) is 6.54 Å². The molecule has 1 saturated heterocycles. The second-order valence-corrected chi connectivity index (χ2v) is 5.34. The van der Waals surface area contributed by atoms with E-state index in [0.29, 0.717) is 0 Å². The zero-order valence-electron chi connectivity index (χ0n) is 12.1. The zero-order chi connectivity index (χ0) is 13.8. The largest absolute Gasteiger partial charge is 0.399 e. The van der Waals surface area contributed by atoms with E-state index in [1.165, 1.54) is 11.3 Å². The van der Waals surface area contributed by atoms with Crippen LogP contribution in [0.25, 0.3) is 0 Å². The van der Waals surface area contributed by atoms with E-state index in [4.69, 9.17) is 5.73 Å². The number of nitrogens with zero attached hydrogens (tertiary/aromatic N) is 2. The van der Waals surface area contributed by atoms with Crippen LogP contribution in [0.2, 0.25) is 0 Å². The molecule has 1 aliphatic heterocycles. The van der Waals surface area contributed by atoms with Gasteiger partial charge in [-0.05, 0) is 29.8 Å². The fraction of sp³-hybridized carbons (Fsp3) is 0.294. The molecule has 0 unspecified atom stereocenters. The molecule has 4 heteroatoms. The SMILES string of the molecule is Nc1ccc(N2CCN(Cc3ccccc3)CC2)cc1.[Fe]. The van der Waals surface area contributed by atoms with Crippen molar-refractivity contribution in [1.82, 2.24) is 4.90 Å². The Morgan fingerprint density at radius 3 is 2.05 bits per heavy atom. The average Bonchev–Trinajstić information content (AvgIpc) is 2.50. The van der Waals surface area contributed by atoms with Gasteiger partial charge in [-0.2, -0.15) is 0 Å². The van der Waals surface area contributed by atoms with Gasteiger partial charge in [0, 0.05) is 61.2 Å². The minimum atomic E-state index is 0. The Labute approximate surface area is 137 Å². The molecule has 3 nitrogen and oxygen atoms in total. The van der Waals surface area contributed by atoms with Crippen LogP contribution in [0.4, 0.5) is 11.4 Å². The molecule has 0 atom stereocenters. The minimum Gasteiger partial charge on any atom is -0.399 e. The van der Waals surface area contributed by atoms with E-state index >= 15 is 0 Å². The van der Waals surface area contributed by atoms with E-state index in [1.54, 1.807) is 0 Å². The molecule has 0 saturated carbocycles. The summed E-state index contributed by atoms with van der Waals surface area (Å²) in [7, 11) is 0. The molecule has 0 radical (unpaired) electrons. The Balaban J connectivity index is 0.00000161. The predicted molar refractivity (Wildman–Crippen MR) is 84.8 cm³/mol. The standard InChI is InChI=1S/C17H21N3.Fe/c18-16-6-8-17(9-7-16)20-12-10-19(11-13-20)14-15-4-2-1-3-5-15;/h1-9H,10-14,18H2;. The van der Waals surface area contributed by atoms with Crippen molar-refractivity contribution in [1.29, 1.82) is 0 Å². The first-order chi connectivity index (χ1) is 9.81. The smallest absolute Gasteiger partial charge is 0.0368 e. The van der Waals surface area contributed by atoms with Gasteiger partial charge < -0.3 is 10.6 Å². The van der Waals surface area contributed by atoms with E-state index in [0.717, 1.165) is 38.4 Å². The number of anilines is 2. The van der Waals surface area contributed by atoms with Crippen molar-refractivity contribution < 1.29 is 17.1 Å². The van der Waals surface area contributed by atoms with Gasteiger partial charge >= 0.3 is 0 Å². The van der Waals surface area contributed by atoms with Crippen LogP contribution in [0.15, 0.2) is 54.6 Å². The van der Waals surface area contributed by atoms with Crippen LogP contribution in [0.1, 0.15) is 5.56 Å². The molecule has 0 aromatic heterocycles. The first-order valence-corrected chi connectivity index (χ1v) is 7.18. The van der Waals surface area contributed by atoms with E-state index in [2.05, 4.69) is 52.3 Å². The Morgan fingerprint density at radius 2 is 1.43 bits per heavy atom. The second kappa shape index (κ2) is 7.51. The van der Waals surface area contributed by atoms with Crippen molar-refractivity contribution in [2.75, 3.05) is 36.8 Å². The van der Waals surface area contributed by atoms with E-state index in [1.807, 2.05) is 12.1 Å². The number of hydrogen-bond donors (Lipinski definition) is 1. The summed E-state index contributed by atoms with van der Waals surface area (Å²) in [4.78, 5) is 4.95. The molecule has 0 amide bonds. The summed E-state index contributed by atoms with van der Waals surface area (Å²) in [6.07, 6.45) is 0. The maximum Gasteiger partial charge on any atom is 0.0368 e. The summed E-state index contributed by atoms with van der Waals surface area (Å²) < 4.78 is 0. The van der Waals surface area contributed by atoms with Crippen LogP contribution in [-0.2, 0) is 23.6 Å². The van der Waals surface area contributed by atoms with Crippen LogP contribution in [0.5, 0.6) is 0 Å². The van der Waals surface area contributed by atoms with Crippen molar-refractivity contribution in [2.24, 2.45) is 0 Å². The van der Waals surface area contributed by atoms with Crippen LogP contribution in [0, 0.1) is 0 Å². The summed E-state index contributed by atoms with van der Waals surface area (Å²) in [6.45, 7) is 5.43. The van der Waals surface area contributed by atoms with Gasteiger partial charge in [0.15, 0.2) is 0 Å². The Bertz CT molecular complexity index is 534. The molecule has 1 aliphatic rings. The molecule has 1 heterocycles. The molecule has 0 spiro atoms. The van der Waals surface area contributed by atoms with Gasteiger partial charge in [0.05, 0.1) is 0 Å². The quantitative estimate of drug-likeness (QED) is 0.696. The van der Waals surface area contributed by atoms with E-state index < -0.39 is 0 Å². The number of piperazine rings is 1. The molecular formula is C17H21FeN3. The monoisotopic (exact) mass is 323 g/mol. The summed E-state index contributed by atoms with van der Waals surface area (Å²) in [6, 6.07) is 18.9. The van der Waals surface area contributed by atoms with Gasteiger partial charge in [0.1, 0.15) is 0 Å². The molecule has 1 fully saturated rings. The molecule has 0 aliphatic carbocycles. The molecule has 2 aromatic rings. The van der Waals surface area contributed by atoms with Gasteiger partial charge in [-0.3, -0.25) is 4.90 Å². The fourth-order valence-corrected chi connectivity index (χ4v) is 2.69. The molecule has 112 valence electrons. The first kappa shape index (κ1) is 15.9. The zero-order valence-corrected chi connectivity index (χ0v) is 13.2. The maximum atomic E-state index is 5.74. The number of nitrogens with two attached hydrogens (primary N) is 1. The number of hydrogen-bond acceptors (Lipinski definition) is 3. The van der Waals surface area contributed by atoms with Gasteiger partial charge in [-0.15, -0.1) is 0 Å². The minimum absolute atomic E-state index is 0. The van der Waals surface area contributed by atoms with Gasteiger partial charge in [0.2, 0.25) is 0 Å². The fourth-order valence-electron chi connectivity index (χ4n) is 2.69. The van der Waals surface area contributed by atoms with Crippen molar-refractivity contribution in [3.8, 4) is 0 Å². The predicted octanol–water partition coefficient (Wildman–Crippen LogP) is 2.59. The Kier molecular flexibility index (Phi) is 5.68. The van der Waals surface area contributed by atoms with Crippen LogP contribution >= 0.6 is 0 Å². The normalized spacial score (nSPS) is 15.5. The number of benzene rings is 2. The Hall–Kier alpha value is -1.48. The molecule has 21 heavy (non-hydrogen) atoms. The van der Waals surface area contributed by atoms with Crippen LogP contribution in [0.3, 0.4) is 0 Å². The van der Waals surface area contributed by atoms with Crippen molar-refractivity contribution in [3.05, 3.63) is 60.2 Å². The van der Waals surface area contributed by atoms with Crippen LogP contribution < -0.4 is 10.6 Å². The summed E-state index contributed by atoms with van der Waals surface area (Å²) >= 11 is 0. The first-order valence-electron chi connectivity index (χ1n) is 7.18. The van der Waals surface area contributed by atoms with Crippen molar-refractivity contribution in [3.63, 3.8) is 0 Å². The third kappa shape index (κ3) is 4.24. The summed E-state index contributed by atoms with van der Waals surface area (Å²) in [5.41, 5.74) is 9.24. The average molecular weight is 323 g/mol. The third-order valence-corrected chi connectivity index (χ3v) is 3.88. The maximum absolute atomic E-state index is 5.74. The number of rotatable bonds is 3. The Morgan fingerprint density at radius 1 is 0.810 bits per heavy atom. The second-order valence-electron chi connectivity index (χ2n) is 5.34. The van der Waals surface area contributed by atoms with Gasteiger partial charge in [-0.25, -0.2) is 0 Å². The summed E-state index contributed by atoms with van der Waals surface area (Å²) in [5, 5.41) is 0. The molecule has 3 rings (SSSR count). The topological polar surface area (TPSA) is 32.5 Å². The van der Waals surface area contributed by atoms with E-state index in [9.17, 15) is 0 Å². The third-order valence-electron chi connectivity index (χ3n) is 3.88. The summed E-state index contributed by atoms with van der Waals surface area (Å²) in [5.74, 6) is 0. The van der Waals surface area contributed by atoms with Crippen LogP contribution in [-0.4, -0.2) is 31.1 Å². The van der Waals surface area contributed by atoms with Gasteiger partial charge in [0.25, 0.3) is 0 Å². The van der Waals surface area contributed by atoms with Gasteiger partial charge in [-0.1, -0.05) is 30.3 Å². The molecule has 0 bridgehead atoms. The molecular weight excluding hydrogens is 302 g/mol. The number of nitrogen functional groups attached to an aromatic ring is 1.